The third kappa shape index (κ3) is 4.03. The lowest BCUT2D eigenvalue weighted by molar-refractivity contribution is -0.132. The van der Waals surface area contributed by atoms with Crippen LogP contribution in [0.2, 0.25) is 0 Å². The highest BCUT2D eigenvalue weighted by Gasteiger charge is 2.39. The Morgan fingerprint density at radius 2 is 2.24 bits per heavy atom. The molecule has 1 atom stereocenters. The average molecular weight is 309 g/mol. The van der Waals surface area contributed by atoms with E-state index in [0.29, 0.717) is 19.5 Å². The number of rotatable bonds is 4. The highest BCUT2D eigenvalue weighted by atomic mass is 32.1. The predicted molar refractivity (Wildman–Crippen MR) is 83.1 cm³/mol. The van der Waals surface area contributed by atoms with Crippen LogP contribution in [0.5, 0.6) is 0 Å². The Balaban J connectivity index is 1.80. The molecular weight excluding hydrogens is 286 g/mol. The molecule has 1 fully saturated rings. The zero-order valence-corrected chi connectivity index (χ0v) is 13.9. The van der Waals surface area contributed by atoms with E-state index in [4.69, 9.17) is 0 Å². The highest BCUT2D eigenvalue weighted by molar-refractivity contribution is 7.09. The van der Waals surface area contributed by atoms with Crippen LogP contribution in [0.3, 0.4) is 0 Å². The molecule has 2 amide bonds. The number of amides is 2. The Hall–Kier alpha value is -1.43. The first kappa shape index (κ1) is 15.9. The molecule has 1 saturated heterocycles. The van der Waals surface area contributed by atoms with Crippen LogP contribution >= 0.6 is 11.3 Å². The van der Waals surface area contributed by atoms with Crippen molar-refractivity contribution in [2.45, 2.75) is 46.1 Å². The maximum absolute atomic E-state index is 12.2. The molecule has 1 aromatic rings. The smallest absolute Gasteiger partial charge is 0.225 e. The van der Waals surface area contributed by atoms with Crippen LogP contribution < -0.4 is 5.32 Å². The van der Waals surface area contributed by atoms with Gasteiger partial charge >= 0.3 is 0 Å². The SMILES string of the molecule is Cc1csc(CCNC(=O)C2CC(=O)N(C(C)(C)C)C2)n1. The van der Waals surface area contributed by atoms with Crippen LogP contribution in [0.1, 0.15) is 37.9 Å². The van der Waals surface area contributed by atoms with Gasteiger partial charge in [0.25, 0.3) is 0 Å². The molecule has 0 bridgehead atoms. The summed E-state index contributed by atoms with van der Waals surface area (Å²) in [6.07, 6.45) is 1.06. The molecule has 2 heterocycles. The molecule has 0 radical (unpaired) electrons. The van der Waals surface area contributed by atoms with E-state index in [-0.39, 0.29) is 23.3 Å². The summed E-state index contributed by atoms with van der Waals surface area (Å²) >= 11 is 1.61. The fourth-order valence-electron chi connectivity index (χ4n) is 2.49. The summed E-state index contributed by atoms with van der Waals surface area (Å²) in [5, 5.41) is 5.97. The van der Waals surface area contributed by atoms with Crippen LogP contribution in [-0.2, 0) is 16.0 Å². The summed E-state index contributed by atoms with van der Waals surface area (Å²) < 4.78 is 0. The van der Waals surface area contributed by atoms with Crippen molar-refractivity contribution in [1.82, 2.24) is 15.2 Å². The first-order chi connectivity index (χ1) is 9.77. The molecule has 1 aliphatic rings. The zero-order valence-electron chi connectivity index (χ0n) is 13.1. The van der Waals surface area contributed by atoms with Crippen LogP contribution in [-0.4, -0.2) is 40.3 Å². The van der Waals surface area contributed by atoms with Crippen molar-refractivity contribution in [3.8, 4) is 0 Å². The van der Waals surface area contributed by atoms with Crippen molar-refractivity contribution in [3.63, 3.8) is 0 Å². The number of likely N-dealkylation sites (tertiary alicyclic amines) is 1. The Morgan fingerprint density at radius 3 is 2.76 bits per heavy atom. The second-order valence-corrected chi connectivity index (χ2v) is 7.44. The summed E-state index contributed by atoms with van der Waals surface area (Å²) in [4.78, 5) is 30.3. The Morgan fingerprint density at radius 1 is 1.52 bits per heavy atom. The van der Waals surface area contributed by atoms with E-state index in [1.807, 2.05) is 33.1 Å². The molecule has 5 nitrogen and oxygen atoms in total. The summed E-state index contributed by atoms with van der Waals surface area (Å²) in [7, 11) is 0. The van der Waals surface area contributed by atoms with Gasteiger partial charge in [0.05, 0.1) is 10.9 Å². The van der Waals surface area contributed by atoms with E-state index in [2.05, 4.69) is 10.3 Å². The minimum Gasteiger partial charge on any atom is -0.355 e. The minimum absolute atomic E-state index is 0.0246. The van der Waals surface area contributed by atoms with Crippen molar-refractivity contribution >= 4 is 23.2 Å². The van der Waals surface area contributed by atoms with Crippen LogP contribution in [0.4, 0.5) is 0 Å². The maximum atomic E-state index is 12.2. The molecule has 116 valence electrons. The Labute approximate surface area is 129 Å². The summed E-state index contributed by atoms with van der Waals surface area (Å²) in [6, 6.07) is 0. The highest BCUT2D eigenvalue weighted by Crippen LogP contribution is 2.25. The number of carbonyl (C=O) groups excluding carboxylic acids is 2. The lowest BCUT2D eigenvalue weighted by Gasteiger charge is -2.31. The lowest BCUT2D eigenvalue weighted by Crippen LogP contribution is -2.43. The number of nitrogens with zero attached hydrogens (tertiary/aromatic N) is 2. The number of carbonyl (C=O) groups is 2. The van der Waals surface area contributed by atoms with Crippen molar-refractivity contribution in [2.75, 3.05) is 13.1 Å². The third-order valence-corrected chi connectivity index (χ3v) is 4.64. The average Bonchev–Trinajstić information content (AvgIpc) is 2.95. The standard InChI is InChI=1S/C15H23N3O2S/c1-10-9-21-12(17-10)5-6-16-14(20)11-7-13(19)18(8-11)15(2,3)4/h9,11H,5-8H2,1-4H3,(H,16,20). The van der Waals surface area contributed by atoms with Crippen LogP contribution in [0.25, 0.3) is 0 Å². The molecule has 1 aromatic heterocycles. The van der Waals surface area contributed by atoms with E-state index < -0.39 is 0 Å². The molecular formula is C15H23N3O2S. The fourth-order valence-corrected chi connectivity index (χ4v) is 3.26. The molecule has 0 saturated carbocycles. The van der Waals surface area contributed by atoms with Crippen LogP contribution in [0, 0.1) is 12.8 Å². The van der Waals surface area contributed by atoms with E-state index in [1.165, 1.54) is 0 Å². The molecule has 1 unspecified atom stereocenters. The first-order valence-corrected chi connectivity index (χ1v) is 8.14. The number of hydrogen-bond acceptors (Lipinski definition) is 4. The van der Waals surface area contributed by atoms with Gasteiger partial charge in [-0.05, 0) is 27.7 Å². The van der Waals surface area contributed by atoms with Gasteiger partial charge in [-0.1, -0.05) is 0 Å². The number of nitrogens with one attached hydrogen (secondary N) is 1. The molecule has 2 rings (SSSR count). The van der Waals surface area contributed by atoms with Crippen molar-refractivity contribution in [3.05, 3.63) is 16.1 Å². The second kappa shape index (κ2) is 6.13. The van der Waals surface area contributed by atoms with Crippen molar-refractivity contribution in [1.29, 1.82) is 0 Å². The van der Waals surface area contributed by atoms with Gasteiger partial charge in [-0.2, -0.15) is 0 Å². The van der Waals surface area contributed by atoms with Gasteiger partial charge in [0.15, 0.2) is 0 Å². The summed E-state index contributed by atoms with van der Waals surface area (Å²) in [6.45, 7) is 9.04. The zero-order chi connectivity index (χ0) is 15.6. The molecule has 21 heavy (non-hydrogen) atoms. The van der Waals surface area contributed by atoms with Crippen LogP contribution in [0.15, 0.2) is 5.38 Å². The molecule has 1 aliphatic heterocycles. The molecule has 0 aromatic carbocycles. The quantitative estimate of drug-likeness (QED) is 0.922. The van der Waals surface area contributed by atoms with E-state index in [1.54, 1.807) is 16.2 Å². The van der Waals surface area contributed by atoms with Gasteiger partial charge in [0.1, 0.15) is 0 Å². The number of aryl methyl sites for hydroxylation is 1. The second-order valence-electron chi connectivity index (χ2n) is 6.50. The topological polar surface area (TPSA) is 62.3 Å². The van der Waals surface area contributed by atoms with Gasteiger partial charge < -0.3 is 10.2 Å². The fraction of sp³-hybridized carbons (Fsp3) is 0.667. The minimum atomic E-state index is -0.227. The van der Waals surface area contributed by atoms with Gasteiger partial charge in [-0.25, -0.2) is 4.98 Å². The number of thiazole rings is 1. The normalized spacial score (nSPS) is 19.1. The first-order valence-electron chi connectivity index (χ1n) is 7.26. The molecule has 6 heteroatoms. The maximum Gasteiger partial charge on any atom is 0.225 e. The monoisotopic (exact) mass is 309 g/mol. The molecule has 0 aliphatic carbocycles. The molecule has 1 N–H and O–H groups in total. The van der Waals surface area contributed by atoms with Gasteiger partial charge in [-0.3, -0.25) is 9.59 Å². The Kier molecular flexibility index (Phi) is 4.66. The van der Waals surface area contributed by atoms with Gasteiger partial charge in [0.2, 0.25) is 11.8 Å². The Bertz CT molecular complexity index is 533. The van der Waals surface area contributed by atoms with Gasteiger partial charge in [-0.15, -0.1) is 11.3 Å². The summed E-state index contributed by atoms with van der Waals surface area (Å²) in [5.41, 5.74) is 0.799. The van der Waals surface area contributed by atoms with E-state index in [9.17, 15) is 9.59 Å². The molecule has 0 spiro atoms. The summed E-state index contributed by atoms with van der Waals surface area (Å²) in [5.74, 6) is -0.184. The predicted octanol–water partition coefficient (Wildman–Crippen LogP) is 1.76. The van der Waals surface area contributed by atoms with Crippen molar-refractivity contribution < 1.29 is 9.59 Å². The van der Waals surface area contributed by atoms with Crippen molar-refractivity contribution in [2.24, 2.45) is 5.92 Å². The van der Waals surface area contributed by atoms with Gasteiger partial charge in [0, 0.05) is 42.5 Å². The largest absolute Gasteiger partial charge is 0.355 e. The van der Waals surface area contributed by atoms with E-state index in [0.717, 1.165) is 17.1 Å². The lowest BCUT2D eigenvalue weighted by atomic mass is 10.1. The number of hydrogen-bond donors (Lipinski definition) is 1. The van der Waals surface area contributed by atoms with E-state index >= 15 is 0 Å². The third-order valence-electron chi connectivity index (χ3n) is 3.61. The number of aromatic nitrogens is 1.